The lowest BCUT2D eigenvalue weighted by Gasteiger charge is -2.10. The molecule has 24 heavy (non-hydrogen) atoms. The number of rotatable bonds is 6. The highest BCUT2D eigenvalue weighted by molar-refractivity contribution is 5.55. The molecular weight excluding hydrogens is 308 g/mol. The summed E-state index contributed by atoms with van der Waals surface area (Å²) in [5.74, 6) is 2.90. The topological polar surface area (TPSA) is 82.3 Å². The zero-order valence-electron chi connectivity index (χ0n) is 13.7. The highest BCUT2D eigenvalue weighted by Gasteiger charge is 2.09. The van der Waals surface area contributed by atoms with Crippen molar-refractivity contribution in [3.63, 3.8) is 0 Å². The zero-order chi connectivity index (χ0) is 16.9. The van der Waals surface area contributed by atoms with E-state index in [1.165, 1.54) is 0 Å². The van der Waals surface area contributed by atoms with E-state index in [4.69, 9.17) is 13.9 Å². The fraction of sp³-hybridized carbons (Fsp3) is 0.235. The molecule has 3 heterocycles. The predicted molar refractivity (Wildman–Crippen MR) is 89.6 cm³/mol. The number of aromatic nitrogens is 3. The van der Waals surface area contributed by atoms with Gasteiger partial charge in [-0.05, 0) is 32.0 Å². The molecule has 124 valence electrons. The van der Waals surface area contributed by atoms with E-state index < -0.39 is 0 Å². The molecule has 0 amide bonds. The maximum absolute atomic E-state index is 5.66. The van der Waals surface area contributed by atoms with Crippen molar-refractivity contribution in [2.24, 2.45) is 0 Å². The van der Waals surface area contributed by atoms with Crippen molar-refractivity contribution in [1.29, 1.82) is 0 Å². The largest absolute Gasteiger partial charge is 0.495 e. The van der Waals surface area contributed by atoms with Crippen molar-refractivity contribution in [2.75, 3.05) is 12.4 Å². The van der Waals surface area contributed by atoms with Gasteiger partial charge in [0.1, 0.15) is 23.0 Å². The van der Waals surface area contributed by atoms with E-state index in [0.717, 1.165) is 5.75 Å². The quantitative estimate of drug-likeness (QED) is 0.740. The van der Waals surface area contributed by atoms with Crippen LogP contribution in [0.3, 0.4) is 0 Å². The normalized spacial score (nSPS) is 10.7. The Morgan fingerprint density at radius 1 is 1.04 bits per heavy atom. The maximum Gasteiger partial charge on any atom is 0.247 e. The van der Waals surface area contributed by atoms with Gasteiger partial charge in [-0.25, -0.2) is 15.0 Å². The molecule has 0 spiro atoms. The minimum atomic E-state index is 0.0956. The van der Waals surface area contributed by atoms with Crippen molar-refractivity contribution in [1.82, 2.24) is 15.0 Å². The molecular formula is C17H18N4O3. The molecule has 0 aromatic carbocycles. The first-order valence-corrected chi connectivity index (χ1v) is 7.50. The number of hydrogen-bond donors (Lipinski definition) is 1. The third-order valence-electron chi connectivity index (χ3n) is 3.05. The van der Waals surface area contributed by atoms with E-state index in [2.05, 4.69) is 20.3 Å². The van der Waals surface area contributed by atoms with E-state index in [1.54, 1.807) is 50.0 Å². The summed E-state index contributed by atoms with van der Waals surface area (Å²) in [6, 6.07) is 7.18. The summed E-state index contributed by atoms with van der Waals surface area (Å²) < 4.78 is 16.4. The first-order chi connectivity index (χ1) is 11.6. The summed E-state index contributed by atoms with van der Waals surface area (Å²) in [6.45, 7) is 3.94. The van der Waals surface area contributed by atoms with Crippen LogP contribution < -0.4 is 14.8 Å². The van der Waals surface area contributed by atoms with E-state index >= 15 is 0 Å². The Balaban J connectivity index is 1.73. The Bertz CT molecular complexity index is 800. The number of anilines is 2. The lowest BCUT2D eigenvalue weighted by Crippen LogP contribution is -2.05. The highest BCUT2D eigenvalue weighted by Crippen LogP contribution is 2.24. The monoisotopic (exact) mass is 326 g/mol. The summed E-state index contributed by atoms with van der Waals surface area (Å²) in [5, 5.41) is 3.06. The second-order valence-corrected chi connectivity index (χ2v) is 5.28. The fourth-order valence-electron chi connectivity index (χ4n) is 2.03. The Morgan fingerprint density at radius 2 is 1.92 bits per heavy atom. The Hall–Kier alpha value is -3.09. The van der Waals surface area contributed by atoms with E-state index in [-0.39, 0.29) is 6.10 Å². The summed E-state index contributed by atoms with van der Waals surface area (Å²) in [5.41, 5.74) is 0.619. The molecule has 0 aliphatic rings. The SMILES string of the molecule is COc1ccc(-c2ncc(Nc3cc(OC(C)C)ccn3)o2)nc1. The molecule has 0 aliphatic heterocycles. The minimum Gasteiger partial charge on any atom is -0.495 e. The number of hydrogen-bond acceptors (Lipinski definition) is 7. The van der Waals surface area contributed by atoms with Gasteiger partial charge in [0.15, 0.2) is 0 Å². The van der Waals surface area contributed by atoms with Crippen LogP contribution in [0.2, 0.25) is 0 Å². The number of ether oxygens (including phenoxy) is 2. The van der Waals surface area contributed by atoms with Crippen molar-refractivity contribution in [3.8, 4) is 23.1 Å². The molecule has 3 aromatic rings. The van der Waals surface area contributed by atoms with Crippen LogP contribution in [0.1, 0.15) is 13.8 Å². The molecule has 0 bridgehead atoms. The number of oxazole rings is 1. The molecule has 0 unspecified atom stereocenters. The van der Waals surface area contributed by atoms with Crippen LogP contribution in [0.4, 0.5) is 11.7 Å². The van der Waals surface area contributed by atoms with E-state index in [1.807, 2.05) is 13.8 Å². The van der Waals surface area contributed by atoms with Crippen LogP contribution in [0.25, 0.3) is 11.6 Å². The third-order valence-corrected chi connectivity index (χ3v) is 3.05. The van der Waals surface area contributed by atoms with Crippen LogP contribution >= 0.6 is 0 Å². The van der Waals surface area contributed by atoms with Crippen LogP contribution in [-0.2, 0) is 0 Å². The Morgan fingerprint density at radius 3 is 2.62 bits per heavy atom. The van der Waals surface area contributed by atoms with Crippen molar-refractivity contribution in [2.45, 2.75) is 20.0 Å². The lowest BCUT2D eigenvalue weighted by molar-refractivity contribution is 0.242. The molecule has 3 aromatic heterocycles. The van der Waals surface area contributed by atoms with E-state index in [0.29, 0.717) is 29.0 Å². The van der Waals surface area contributed by atoms with Gasteiger partial charge in [-0.3, -0.25) is 0 Å². The van der Waals surface area contributed by atoms with Gasteiger partial charge in [-0.1, -0.05) is 0 Å². The molecule has 0 fully saturated rings. The predicted octanol–water partition coefficient (Wildman–Crippen LogP) is 3.67. The van der Waals surface area contributed by atoms with Gasteiger partial charge < -0.3 is 19.2 Å². The summed E-state index contributed by atoms with van der Waals surface area (Å²) >= 11 is 0. The summed E-state index contributed by atoms with van der Waals surface area (Å²) in [7, 11) is 1.59. The lowest BCUT2D eigenvalue weighted by atomic mass is 10.3. The summed E-state index contributed by atoms with van der Waals surface area (Å²) in [4.78, 5) is 12.7. The second kappa shape index (κ2) is 6.99. The Kier molecular flexibility index (Phi) is 4.60. The van der Waals surface area contributed by atoms with Crippen LogP contribution in [-0.4, -0.2) is 28.2 Å². The number of pyridine rings is 2. The van der Waals surface area contributed by atoms with Gasteiger partial charge in [0, 0.05) is 12.3 Å². The average Bonchev–Trinajstić information content (AvgIpc) is 3.03. The molecule has 7 heteroatoms. The van der Waals surface area contributed by atoms with Crippen molar-refractivity contribution < 1.29 is 13.9 Å². The first kappa shape index (κ1) is 15.8. The zero-order valence-corrected chi connectivity index (χ0v) is 13.7. The van der Waals surface area contributed by atoms with Gasteiger partial charge in [-0.15, -0.1) is 0 Å². The maximum atomic E-state index is 5.66. The highest BCUT2D eigenvalue weighted by atomic mass is 16.5. The molecule has 0 saturated heterocycles. The minimum absolute atomic E-state index is 0.0956. The molecule has 0 aliphatic carbocycles. The molecule has 7 nitrogen and oxygen atoms in total. The molecule has 0 radical (unpaired) electrons. The number of nitrogens with one attached hydrogen (secondary N) is 1. The van der Waals surface area contributed by atoms with Gasteiger partial charge in [0.25, 0.3) is 0 Å². The molecule has 1 N–H and O–H groups in total. The van der Waals surface area contributed by atoms with Gasteiger partial charge in [0.2, 0.25) is 11.8 Å². The average molecular weight is 326 g/mol. The van der Waals surface area contributed by atoms with Crippen LogP contribution in [0.5, 0.6) is 11.5 Å². The molecule has 3 rings (SSSR count). The molecule has 0 atom stereocenters. The summed E-state index contributed by atoms with van der Waals surface area (Å²) in [6.07, 6.45) is 4.96. The fourth-order valence-corrected chi connectivity index (χ4v) is 2.03. The van der Waals surface area contributed by atoms with Crippen LogP contribution in [0, 0.1) is 0 Å². The van der Waals surface area contributed by atoms with Gasteiger partial charge in [0.05, 0.1) is 25.6 Å². The number of nitrogens with zero attached hydrogens (tertiary/aromatic N) is 3. The van der Waals surface area contributed by atoms with Gasteiger partial charge >= 0.3 is 0 Å². The third kappa shape index (κ3) is 3.81. The van der Waals surface area contributed by atoms with Crippen molar-refractivity contribution in [3.05, 3.63) is 42.9 Å². The number of methoxy groups -OCH3 is 1. The smallest absolute Gasteiger partial charge is 0.247 e. The van der Waals surface area contributed by atoms with Gasteiger partial charge in [-0.2, -0.15) is 0 Å². The Labute approximate surface area is 139 Å². The standard InChI is InChI=1S/C17H18N4O3/c1-11(2)23-12-6-7-18-15(8-12)21-16-10-20-17(24-16)14-5-4-13(22-3)9-19-14/h4-11H,1-3H3,(H,18,21). The van der Waals surface area contributed by atoms with E-state index in [9.17, 15) is 0 Å². The molecule has 0 saturated carbocycles. The van der Waals surface area contributed by atoms with Crippen LogP contribution in [0.15, 0.2) is 47.3 Å². The second-order valence-electron chi connectivity index (χ2n) is 5.28. The van der Waals surface area contributed by atoms with Crippen molar-refractivity contribution >= 4 is 11.7 Å². The first-order valence-electron chi connectivity index (χ1n) is 7.50.